The predicted octanol–water partition coefficient (Wildman–Crippen LogP) is 1.65. The van der Waals surface area contributed by atoms with Crippen molar-refractivity contribution < 1.29 is 37.3 Å². The highest BCUT2D eigenvalue weighted by atomic mass is 32.1. The van der Waals surface area contributed by atoms with E-state index in [0.29, 0.717) is 0 Å². The Hall–Kier alpha value is -2.27. The molecular formula is C16H19F3N2O5S. The first kappa shape index (κ1) is 21.0. The van der Waals surface area contributed by atoms with Gasteiger partial charge in [0.25, 0.3) is 5.72 Å². The van der Waals surface area contributed by atoms with Crippen LogP contribution in [0.3, 0.4) is 0 Å². The second kappa shape index (κ2) is 7.77. The van der Waals surface area contributed by atoms with Crippen molar-refractivity contribution in [2.45, 2.75) is 24.9 Å². The van der Waals surface area contributed by atoms with E-state index in [1.54, 1.807) is 5.32 Å². The van der Waals surface area contributed by atoms with E-state index in [1.807, 2.05) is 0 Å². The molecule has 7 nitrogen and oxygen atoms in total. The summed E-state index contributed by atoms with van der Waals surface area (Å²) in [6.45, 7) is 1.27. The van der Waals surface area contributed by atoms with Crippen molar-refractivity contribution >= 4 is 23.3 Å². The molecule has 1 aromatic carbocycles. The van der Waals surface area contributed by atoms with Gasteiger partial charge in [0.2, 0.25) is 0 Å². The molecule has 2 rings (SSSR count). The van der Waals surface area contributed by atoms with Crippen molar-refractivity contribution in [2.24, 2.45) is 5.92 Å². The van der Waals surface area contributed by atoms with Crippen LogP contribution in [0.4, 0.5) is 13.2 Å². The van der Waals surface area contributed by atoms with Crippen LogP contribution in [-0.4, -0.2) is 48.9 Å². The first-order chi connectivity index (χ1) is 12.6. The summed E-state index contributed by atoms with van der Waals surface area (Å²) >= 11 is 4.84. The van der Waals surface area contributed by atoms with E-state index in [-0.39, 0.29) is 23.7 Å². The number of thiocarbonyl (C=S) groups is 1. The third-order valence-electron chi connectivity index (χ3n) is 4.12. The Kier molecular flexibility index (Phi) is 6.05. The van der Waals surface area contributed by atoms with Crippen molar-refractivity contribution in [1.29, 1.82) is 0 Å². The highest BCUT2D eigenvalue weighted by Gasteiger charge is 2.66. The fraction of sp³-hybridized carbons (Fsp3) is 0.500. The zero-order valence-corrected chi connectivity index (χ0v) is 15.5. The molecule has 1 saturated heterocycles. The maximum atomic E-state index is 13.7. The molecule has 0 aliphatic carbocycles. The average Bonchev–Trinajstić information content (AvgIpc) is 2.59. The van der Waals surface area contributed by atoms with Gasteiger partial charge in [-0.3, -0.25) is 4.79 Å². The minimum absolute atomic E-state index is 0.0982. The molecule has 1 aliphatic rings. The van der Waals surface area contributed by atoms with Gasteiger partial charge >= 0.3 is 12.1 Å². The molecule has 1 heterocycles. The number of ether oxygens (including phenoxy) is 3. The maximum absolute atomic E-state index is 13.7. The van der Waals surface area contributed by atoms with Crippen molar-refractivity contribution in [3.63, 3.8) is 0 Å². The number of para-hydroxylation sites is 1. The lowest BCUT2D eigenvalue weighted by molar-refractivity contribution is -0.292. The molecule has 3 atom stereocenters. The summed E-state index contributed by atoms with van der Waals surface area (Å²) in [5.74, 6) is -3.03. The van der Waals surface area contributed by atoms with Gasteiger partial charge in [-0.15, -0.1) is 0 Å². The summed E-state index contributed by atoms with van der Waals surface area (Å²) in [4.78, 5) is 12.4. The number of nitrogens with one attached hydrogen (secondary N) is 2. The van der Waals surface area contributed by atoms with E-state index in [0.717, 1.165) is 0 Å². The van der Waals surface area contributed by atoms with Crippen LogP contribution in [-0.2, 0) is 9.53 Å². The molecule has 0 spiro atoms. The van der Waals surface area contributed by atoms with E-state index < -0.39 is 34.9 Å². The number of benzene rings is 1. The standard InChI is InChI=1S/C16H19F3N2O5S/c1-4-26-13(22)10-11(8-6-5-7-9(24-2)12(8)25-3)20-14(27)21-15(10,23)16(17,18)19/h5-7,10-11,23H,4H2,1-3H3,(H2,20,21,27)/t10-,11-,15-/m0/s1. The molecule has 0 saturated carbocycles. The van der Waals surface area contributed by atoms with Crippen LogP contribution in [0.15, 0.2) is 18.2 Å². The number of hydrogen-bond donors (Lipinski definition) is 3. The van der Waals surface area contributed by atoms with Gasteiger partial charge in [-0.05, 0) is 25.2 Å². The van der Waals surface area contributed by atoms with E-state index >= 15 is 0 Å². The zero-order valence-electron chi connectivity index (χ0n) is 14.7. The maximum Gasteiger partial charge on any atom is 0.437 e. The predicted molar refractivity (Wildman–Crippen MR) is 92.3 cm³/mol. The molecule has 1 aromatic rings. The number of esters is 1. The quantitative estimate of drug-likeness (QED) is 0.501. The Morgan fingerprint density at radius 2 is 2.00 bits per heavy atom. The number of carbonyl (C=O) groups is 1. The third-order valence-corrected chi connectivity index (χ3v) is 4.34. The minimum Gasteiger partial charge on any atom is -0.493 e. The Labute approximate surface area is 158 Å². The smallest absolute Gasteiger partial charge is 0.437 e. The van der Waals surface area contributed by atoms with Crippen molar-refractivity contribution in [3.8, 4) is 11.5 Å². The average molecular weight is 408 g/mol. The van der Waals surface area contributed by atoms with Gasteiger partial charge < -0.3 is 30.0 Å². The lowest BCUT2D eigenvalue weighted by atomic mass is 9.81. The minimum atomic E-state index is -5.22. The third kappa shape index (κ3) is 3.74. The Morgan fingerprint density at radius 3 is 2.52 bits per heavy atom. The summed E-state index contributed by atoms with van der Waals surface area (Å²) in [6, 6.07) is 3.10. The summed E-state index contributed by atoms with van der Waals surface area (Å²) in [6.07, 6.45) is -5.22. The molecule has 0 aromatic heterocycles. The van der Waals surface area contributed by atoms with Crippen LogP contribution in [0.2, 0.25) is 0 Å². The van der Waals surface area contributed by atoms with Gasteiger partial charge in [-0.25, -0.2) is 0 Å². The molecule has 150 valence electrons. The molecule has 3 N–H and O–H groups in total. The van der Waals surface area contributed by atoms with Gasteiger partial charge in [0.05, 0.1) is 26.9 Å². The lowest BCUT2D eigenvalue weighted by Gasteiger charge is -2.45. The summed E-state index contributed by atoms with van der Waals surface area (Å²) < 4.78 is 56.3. The zero-order chi connectivity index (χ0) is 20.4. The van der Waals surface area contributed by atoms with E-state index in [4.69, 9.17) is 26.4 Å². The van der Waals surface area contributed by atoms with Gasteiger partial charge in [0.15, 0.2) is 16.6 Å². The summed E-state index contributed by atoms with van der Waals surface area (Å²) in [5.41, 5.74) is -3.50. The van der Waals surface area contributed by atoms with Crippen LogP contribution in [0.5, 0.6) is 11.5 Å². The molecular weight excluding hydrogens is 389 g/mol. The SMILES string of the molecule is CCOC(=O)[C@@H]1[C@H](c2cccc(OC)c2OC)NC(=S)N[C@@]1(O)C(F)(F)F. The van der Waals surface area contributed by atoms with E-state index in [2.05, 4.69) is 5.32 Å². The Balaban J connectivity index is 2.68. The van der Waals surface area contributed by atoms with Crippen LogP contribution < -0.4 is 20.1 Å². The molecule has 0 bridgehead atoms. The van der Waals surface area contributed by atoms with E-state index in [1.165, 1.54) is 39.3 Å². The van der Waals surface area contributed by atoms with E-state index in [9.17, 15) is 23.1 Å². The van der Waals surface area contributed by atoms with Gasteiger partial charge in [-0.1, -0.05) is 12.1 Å². The van der Waals surface area contributed by atoms with Crippen LogP contribution >= 0.6 is 12.2 Å². The summed E-state index contributed by atoms with van der Waals surface area (Å²) in [7, 11) is 2.66. The number of halogens is 3. The normalized spacial score (nSPS) is 25.2. The van der Waals surface area contributed by atoms with Gasteiger partial charge in [0.1, 0.15) is 5.92 Å². The monoisotopic (exact) mass is 408 g/mol. The highest BCUT2D eigenvalue weighted by Crippen LogP contribution is 2.46. The fourth-order valence-electron chi connectivity index (χ4n) is 2.95. The van der Waals surface area contributed by atoms with Crippen LogP contribution in [0.1, 0.15) is 18.5 Å². The number of alkyl halides is 3. The highest BCUT2D eigenvalue weighted by molar-refractivity contribution is 7.80. The van der Waals surface area contributed by atoms with Crippen molar-refractivity contribution in [2.75, 3.05) is 20.8 Å². The fourth-order valence-corrected chi connectivity index (χ4v) is 3.24. The molecule has 0 radical (unpaired) electrons. The largest absolute Gasteiger partial charge is 0.493 e. The first-order valence-electron chi connectivity index (χ1n) is 7.86. The Bertz CT molecular complexity index is 730. The molecule has 0 amide bonds. The number of aliphatic hydroxyl groups is 1. The Morgan fingerprint density at radius 1 is 1.33 bits per heavy atom. The van der Waals surface area contributed by atoms with Crippen molar-refractivity contribution in [1.82, 2.24) is 10.6 Å². The topological polar surface area (TPSA) is 89.1 Å². The first-order valence-corrected chi connectivity index (χ1v) is 8.26. The molecule has 0 unspecified atom stereocenters. The number of carbonyl (C=O) groups excluding carboxylic acids is 1. The molecule has 1 fully saturated rings. The number of hydrogen-bond acceptors (Lipinski definition) is 6. The van der Waals surface area contributed by atoms with Gasteiger partial charge in [0, 0.05) is 5.56 Å². The number of rotatable bonds is 5. The van der Waals surface area contributed by atoms with Crippen molar-refractivity contribution in [3.05, 3.63) is 23.8 Å². The molecule has 27 heavy (non-hydrogen) atoms. The lowest BCUT2D eigenvalue weighted by Crippen LogP contribution is -2.73. The van der Waals surface area contributed by atoms with Gasteiger partial charge in [-0.2, -0.15) is 13.2 Å². The molecule has 11 heteroatoms. The van der Waals surface area contributed by atoms with Crippen LogP contribution in [0.25, 0.3) is 0 Å². The van der Waals surface area contributed by atoms with Crippen LogP contribution in [0, 0.1) is 5.92 Å². The second-order valence-corrected chi connectivity index (χ2v) is 6.06. The second-order valence-electron chi connectivity index (χ2n) is 5.65. The summed E-state index contributed by atoms with van der Waals surface area (Å²) in [5, 5.41) is 14.3. The molecule has 1 aliphatic heterocycles. The number of methoxy groups -OCH3 is 2.